The van der Waals surface area contributed by atoms with Crippen molar-refractivity contribution in [3.05, 3.63) is 89.5 Å². The van der Waals surface area contributed by atoms with Crippen LogP contribution in [-0.4, -0.2) is 31.9 Å². The summed E-state index contributed by atoms with van der Waals surface area (Å²) >= 11 is 5.97. The molecule has 1 unspecified atom stereocenters. The first kappa shape index (κ1) is 20.5. The van der Waals surface area contributed by atoms with Crippen LogP contribution in [0.25, 0.3) is 11.0 Å². The molecular weight excluding hydrogens is 424 g/mol. The zero-order valence-electron chi connectivity index (χ0n) is 17.5. The molecule has 0 saturated carbocycles. The molecule has 162 valence electrons. The van der Waals surface area contributed by atoms with Crippen LogP contribution in [0.5, 0.6) is 5.75 Å². The Hall–Kier alpha value is -3.38. The number of nitrogens with zero attached hydrogens (tertiary/aromatic N) is 4. The number of ether oxygens (including phenoxy) is 1. The van der Waals surface area contributed by atoms with E-state index in [0.29, 0.717) is 16.6 Å². The number of carbonyl (C=O) groups excluding carboxylic acids is 1. The molecule has 1 aliphatic heterocycles. The van der Waals surface area contributed by atoms with Crippen molar-refractivity contribution in [2.45, 2.75) is 32.0 Å². The third kappa shape index (κ3) is 4.18. The summed E-state index contributed by atoms with van der Waals surface area (Å²) in [5.74, 6) is 1.51. The Balaban J connectivity index is 1.39. The third-order valence-corrected chi connectivity index (χ3v) is 6.12. The molecular formula is C25H23ClN4O2. The van der Waals surface area contributed by atoms with Crippen molar-refractivity contribution in [3.8, 4) is 5.75 Å². The monoisotopic (exact) mass is 446 g/mol. The normalized spacial score (nSPS) is 15.9. The maximum absolute atomic E-state index is 13.4. The van der Waals surface area contributed by atoms with E-state index in [1.807, 2.05) is 58.0 Å². The van der Waals surface area contributed by atoms with Gasteiger partial charge in [0.1, 0.15) is 24.7 Å². The van der Waals surface area contributed by atoms with E-state index in [4.69, 9.17) is 21.3 Å². The summed E-state index contributed by atoms with van der Waals surface area (Å²) in [5, 5.41) is 0.657. The first-order valence-electron chi connectivity index (χ1n) is 10.7. The van der Waals surface area contributed by atoms with Crippen molar-refractivity contribution < 1.29 is 9.53 Å². The predicted molar refractivity (Wildman–Crippen MR) is 123 cm³/mol. The van der Waals surface area contributed by atoms with E-state index in [2.05, 4.69) is 4.98 Å². The van der Waals surface area contributed by atoms with Gasteiger partial charge in [-0.25, -0.2) is 4.98 Å². The number of benzene rings is 2. The van der Waals surface area contributed by atoms with Crippen molar-refractivity contribution in [2.24, 2.45) is 0 Å². The number of hydrogen-bond acceptors (Lipinski definition) is 4. The average Bonchev–Trinajstić information content (AvgIpc) is 3.45. The van der Waals surface area contributed by atoms with Gasteiger partial charge in [0.15, 0.2) is 0 Å². The first-order chi connectivity index (χ1) is 15.7. The molecule has 1 aliphatic rings. The minimum atomic E-state index is 0.0835. The highest BCUT2D eigenvalue weighted by Gasteiger charge is 2.30. The molecule has 7 heteroatoms. The Morgan fingerprint density at radius 2 is 1.84 bits per heavy atom. The molecule has 1 fully saturated rings. The highest BCUT2D eigenvalue weighted by Crippen LogP contribution is 2.32. The standard InChI is InChI=1S/C25H23ClN4O2/c26-19-7-9-20(10-8-19)32-17-24-28-21-4-1-2-5-23(21)30(24)16-25(31)29-15-3-6-22(29)18-11-13-27-14-12-18/h1-2,4-5,7-14,22H,3,6,15-17H2. The van der Waals surface area contributed by atoms with Crippen LogP contribution in [0.4, 0.5) is 0 Å². The Morgan fingerprint density at radius 1 is 1.06 bits per heavy atom. The van der Waals surface area contributed by atoms with Gasteiger partial charge in [-0.3, -0.25) is 9.78 Å². The predicted octanol–water partition coefficient (Wildman–Crippen LogP) is 5.03. The molecule has 1 saturated heterocycles. The van der Waals surface area contributed by atoms with Gasteiger partial charge in [0.25, 0.3) is 0 Å². The smallest absolute Gasteiger partial charge is 0.243 e. The van der Waals surface area contributed by atoms with E-state index in [-0.39, 0.29) is 25.1 Å². The Labute approximate surface area is 191 Å². The Bertz CT molecular complexity index is 1220. The number of carbonyl (C=O) groups is 1. The number of rotatable bonds is 6. The summed E-state index contributed by atoms with van der Waals surface area (Å²) in [5.41, 5.74) is 2.91. The number of hydrogen-bond donors (Lipinski definition) is 0. The van der Waals surface area contributed by atoms with Gasteiger partial charge in [0.05, 0.1) is 17.1 Å². The largest absolute Gasteiger partial charge is 0.486 e. The fourth-order valence-electron chi connectivity index (χ4n) is 4.31. The van der Waals surface area contributed by atoms with Gasteiger partial charge in [-0.15, -0.1) is 0 Å². The zero-order chi connectivity index (χ0) is 21.9. The van der Waals surface area contributed by atoms with Crippen LogP contribution < -0.4 is 4.74 Å². The molecule has 2 aromatic heterocycles. The minimum Gasteiger partial charge on any atom is -0.486 e. The maximum Gasteiger partial charge on any atom is 0.243 e. The molecule has 1 amide bonds. The van der Waals surface area contributed by atoms with Crippen molar-refractivity contribution in [1.29, 1.82) is 0 Å². The average molecular weight is 447 g/mol. The van der Waals surface area contributed by atoms with Gasteiger partial charge < -0.3 is 14.2 Å². The topological polar surface area (TPSA) is 60.3 Å². The molecule has 0 bridgehead atoms. The molecule has 0 radical (unpaired) electrons. The fourth-order valence-corrected chi connectivity index (χ4v) is 4.44. The van der Waals surface area contributed by atoms with Gasteiger partial charge in [-0.05, 0) is 66.9 Å². The van der Waals surface area contributed by atoms with E-state index >= 15 is 0 Å². The SMILES string of the molecule is O=C(Cn1c(COc2ccc(Cl)cc2)nc2ccccc21)N1CCCC1c1ccncc1. The number of halogens is 1. The van der Waals surface area contributed by atoms with Gasteiger partial charge in [0.2, 0.25) is 5.91 Å². The summed E-state index contributed by atoms with van der Waals surface area (Å²) in [6.07, 6.45) is 5.53. The molecule has 5 rings (SSSR count). The number of pyridine rings is 1. The van der Waals surface area contributed by atoms with Gasteiger partial charge >= 0.3 is 0 Å². The highest BCUT2D eigenvalue weighted by molar-refractivity contribution is 6.30. The van der Waals surface area contributed by atoms with Crippen molar-refractivity contribution in [2.75, 3.05) is 6.54 Å². The summed E-state index contributed by atoms with van der Waals surface area (Å²) in [6.45, 7) is 1.24. The van der Waals surface area contributed by atoms with Crippen LogP contribution in [0.15, 0.2) is 73.1 Å². The summed E-state index contributed by atoms with van der Waals surface area (Å²) in [7, 11) is 0. The van der Waals surface area contributed by atoms with Crippen LogP contribution in [0.1, 0.15) is 30.3 Å². The van der Waals surface area contributed by atoms with E-state index in [9.17, 15) is 4.79 Å². The van der Waals surface area contributed by atoms with Crippen molar-refractivity contribution in [3.63, 3.8) is 0 Å². The van der Waals surface area contributed by atoms with Gasteiger partial charge in [-0.1, -0.05) is 23.7 Å². The lowest BCUT2D eigenvalue weighted by Gasteiger charge is -2.25. The maximum atomic E-state index is 13.4. The molecule has 2 aromatic carbocycles. The summed E-state index contributed by atoms with van der Waals surface area (Å²) in [4.78, 5) is 24.2. The lowest BCUT2D eigenvalue weighted by atomic mass is 10.1. The number of amides is 1. The van der Waals surface area contributed by atoms with E-state index in [0.717, 1.165) is 36.0 Å². The summed E-state index contributed by atoms with van der Waals surface area (Å²) < 4.78 is 7.91. The lowest BCUT2D eigenvalue weighted by Crippen LogP contribution is -2.33. The second-order valence-electron chi connectivity index (χ2n) is 7.87. The molecule has 3 heterocycles. The second kappa shape index (κ2) is 9.01. The number of imidazole rings is 1. The summed E-state index contributed by atoms with van der Waals surface area (Å²) in [6, 6.07) is 19.2. The van der Waals surface area contributed by atoms with Crippen molar-refractivity contribution in [1.82, 2.24) is 19.4 Å². The second-order valence-corrected chi connectivity index (χ2v) is 8.31. The van der Waals surface area contributed by atoms with Crippen LogP contribution in [0, 0.1) is 0 Å². The van der Waals surface area contributed by atoms with Gasteiger partial charge in [-0.2, -0.15) is 0 Å². The van der Waals surface area contributed by atoms with Crippen LogP contribution in [-0.2, 0) is 17.9 Å². The first-order valence-corrected chi connectivity index (χ1v) is 11.1. The Kier molecular flexibility index (Phi) is 5.77. The molecule has 0 aliphatic carbocycles. The fraction of sp³-hybridized carbons (Fsp3) is 0.240. The third-order valence-electron chi connectivity index (χ3n) is 5.87. The van der Waals surface area contributed by atoms with Crippen LogP contribution in [0.2, 0.25) is 5.02 Å². The van der Waals surface area contributed by atoms with Crippen LogP contribution >= 0.6 is 11.6 Å². The van der Waals surface area contributed by atoms with E-state index in [1.165, 1.54) is 0 Å². The zero-order valence-corrected chi connectivity index (χ0v) is 18.3. The van der Waals surface area contributed by atoms with Crippen molar-refractivity contribution >= 4 is 28.5 Å². The van der Waals surface area contributed by atoms with Crippen LogP contribution in [0.3, 0.4) is 0 Å². The lowest BCUT2D eigenvalue weighted by molar-refractivity contribution is -0.132. The highest BCUT2D eigenvalue weighted by atomic mass is 35.5. The van der Waals surface area contributed by atoms with E-state index < -0.39 is 0 Å². The number of likely N-dealkylation sites (tertiary alicyclic amines) is 1. The number of para-hydroxylation sites is 2. The molecule has 0 N–H and O–H groups in total. The molecule has 32 heavy (non-hydrogen) atoms. The quantitative estimate of drug-likeness (QED) is 0.417. The Morgan fingerprint density at radius 3 is 2.66 bits per heavy atom. The molecule has 6 nitrogen and oxygen atoms in total. The van der Waals surface area contributed by atoms with Gasteiger partial charge in [0, 0.05) is 24.0 Å². The van der Waals surface area contributed by atoms with E-state index in [1.54, 1.807) is 24.5 Å². The number of fused-ring (bicyclic) bond motifs is 1. The molecule has 0 spiro atoms. The molecule has 1 atom stereocenters. The minimum absolute atomic E-state index is 0.0835. The molecule has 4 aromatic rings. The number of aromatic nitrogens is 3.